The number of nitrogens with one attached hydrogen (secondary N) is 1. The fraction of sp³-hybridized carbons (Fsp3) is 0.545. The number of hydrogen-bond acceptors (Lipinski definition) is 5. The molecule has 0 aliphatic carbocycles. The van der Waals surface area contributed by atoms with Gasteiger partial charge in [-0.2, -0.15) is 9.61 Å². The molecule has 7 heteroatoms. The Bertz CT molecular complexity index is 571. The van der Waals surface area contributed by atoms with Crippen LogP contribution in [0.2, 0.25) is 0 Å². The zero-order chi connectivity index (χ0) is 12.5. The number of ether oxygens (including phenoxy) is 1. The lowest BCUT2D eigenvalue weighted by atomic mass is 10.2. The molecule has 6 nitrogen and oxygen atoms in total. The van der Waals surface area contributed by atoms with E-state index in [1.807, 2.05) is 6.92 Å². The van der Waals surface area contributed by atoms with Gasteiger partial charge in [0.05, 0.1) is 11.8 Å². The molecule has 2 aromatic rings. The highest BCUT2D eigenvalue weighted by molar-refractivity contribution is 7.14. The Labute approximate surface area is 108 Å². The van der Waals surface area contributed by atoms with Gasteiger partial charge in [-0.1, -0.05) is 11.3 Å². The molecular formula is C11H14N4O2S. The smallest absolute Gasteiger partial charge is 0.272 e. The van der Waals surface area contributed by atoms with Gasteiger partial charge in [-0.15, -0.1) is 0 Å². The van der Waals surface area contributed by atoms with E-state index in [0.29, 0.717) is 17.9 Å². The zero-order valence-electron chi connectivity index (χ0n) is 10.0. The first-order chi connectivity index (χ1) is 8.75. The van der Waals surface area contributed by atoms with Crippen LogP contribution in [-0.2, 0) is 4.74 Å². The molecule has 1 fully saturated rings. The van der Waals surface area contributed by atoms with Gasteiger partial charge >= 0.3 is 0 Å². The molecule has 18 heavy (non-hydrogen) atoms. The molecule has 3 rings (SSSR count). The van der Waals surface area contributed by atoms with E-state index in [1.54, 1.807) is 10.0 Å². The van der Waals surface area contributed by atoms with Gasteiger partial charge in [0.15, 0.2) is 5.69 Å². The SMILES string of the molecule is Cc1nc2scnn2c1C(=O)NCC1CCCO1. The predicted octanol–water partition coefficient (Wildman–Crippen LogP) is 1.01. The quantitative estimate of drug-likeness (QED) is 0.900. The van der Waals surface area contributed by atoms with E-state index in [4.69, 9.17) is 4.74 Å². The number of fused-ring (bicyclic) bond motifs is 1. The average molecular weight is 266 g/mol. The fourth-order valence-electron chi connectivity index (χ4n) is 2.15. The predicted molar refractivity (Wildman–Crippen MR) is 66.9 cm³/mol. The number of aromatic nitrogens is 3. The molecule has 1 aliphatic rings. The molecule has 96 valence electrons. The number of imidazole rings is 1. The molecule has 1 aliphatic heterocycles. The van der Waals surface area contributed by atoms with E-state index in [1.165, 1.54) is 11.3 Å². The summed E-state index contributed by atoms with van der Waals surface area (Å²) >= 11 is 1.42. The van der Waals surface area contributed by atoms with Crippen molar-refractivity contribution >= 4 is 22.2 Å². The van der Waals surface area contributed by atoms with Crippen molar-refractivity contribution < 1.29 is 9.53 Å². The summed E-state index contributed by atoms with van der Waals surface area (Å²) in [6.07, 6.45) is 2.23. The van der Waals surface area contributed by atoms with E-state index in [9.17, 15) is 4.79 Å². The van der Waals surface area contributed by atoms with Gasteiger partial charge in [0.1, 0.15) is 5.51 Å². The van der Waals surface area contributed by atoms with E-state index >= 15 is 0 Å². The molecule has 1 atom stereocenters. The van der Waals surface area contributed by atoms with Gasteiger partial charge in [0.2, 0.25) is 4.96 Å². The van der Waals surface area contributed by atoms with Crippen LogP contribution in [0.3, 0.4) is 0 Å². The Morgan fingerprint density at radius 2 is 2.61 bits per heavy atom. The summed E-state index contributed by atoms with van der Waals surface area (Å²) in [5, 5.41) is 7.01. The Morgan fingerprint density at radius 1 is 1.72 bits per heavy atom. The van der Waals surface area contributed by atoms with Crippen molar-refractivity contribution in [2.45, 2.75) is 25.9 Å². The molecule has 1 amide bonds. The number of amides is 1. The van der Waals surface area contributed by atoms with Crippen molar-refractivity contribution in [1.82, 2.24) is 19.9 Å². The van der Waals surface area contributed by atoms with Gasteiger partial charge in [-0.05, 0) is 19.8 Å². The number of hydrogen-bond donors (Lipinski definition) is 1. The minimum atomic E-state index is -0.138. The van der Waals surface area contributed by atoms with Crippen molar-refractivity contribution in [3.05, 3.63) is 16.9 Å². The summed E-state index contributed by atoms with van der Waals surface area (Å²) in [4.78, 5) is 17.2. The van der Waals surface area contributed by atoms with E-state index in [-0.39, 0.29) is 12.0 Å². The minimum Gasteiger partial charge on any atom is -0.376 e. The van der Waals surface area contributed by atoms with Gasteiger partial charge in [0, 0.05) is 13.2 Å². The third kappa shape index (κ3) is 1.99. The van der Waals surface area contributed by atoms with E-state index in [2.05, 4.69) is 15.4 Å². The number of nitrogens with zero attached hydrogens (tertiary/aromatic N) is 3. The fourth-order valence-corrected chi connectivity index (χ4v) is 2.81. The Kier molecular flexibility index (Phi) is 3.00. The van der Waals surface area contributed by atoms with Crippen LogP contribution in [0.15, 0.2) is 5.51 Å². The van der Waals surface area contributed by atoms with Gasteiger partial charge in [-0.3, -0.25) is 4.79 Å². The van der Waals surface area contributed by atoms with Crippen molar-refractivity contribution in [3.63, 3.8) is 0 Å². The first-order valence-electron chi connectivity index (χ1n) is 5.94. The van der Waals surface area contributed by atoms with Crippen LogP contribution in [0.25, 0.3) is 4.96 Å². The molecule has 1 saturated heterocycles. The average Bonchev–Trinajstić information content (AvgIpc) is 3.01. The molecule has 0 bridgehead atoms. The summed E-state index contributed by atoms with van der Waals surface area (Å²) in [6, 6.07) is 0. The first-order valence-corrected chi connectivity index (χ1v) is 6.82. The molecule has 0 saturated carbocycles. The largest absolute Gasteiger partial charge is 0.376 e. The van der Waals surface area contributed by atoms with Crippen LogP contribution in [0.1, 0.15) is 29.0 Å². The summed E-state index contributed by atoms with van der Waals surface area (Å²) in [5.74, 6) is -0.138. The topological polar surface area (TPSA) is 68.5 Å². The number of carbonyl (C=O) groups excluding carboxylic acids is 1. The Morgan fingerprint density at radius 3 is 3.39 bits per heavy atom. The molecule has 0 spiro atoms. The summed E-state index contributed by atoms with van der Waals surface area (Å²) < 4.78 is 7.06. The molecular weight excluding hydrogens is 252 g/mol. The monoisotopic (exact) mass is 266 g/mol. The van der Waals surface area contributed by atoms with Crippen LogP contribution < -0.4 is 5.32 Å². The van der Waals surface area contributed by atoms with Crippen LogP contribution >= 0.6 is 11.3 Å². The van der Waals surface area contributed by atoms with Crippen molar-refractivity contribution in [3.8, 4) is 0 Å². The molecule has 0 radical (unpaired) electrons. The maximum absolute atomic E-state index is 12.1. The van der Waals surface area contributed by atoms with Crippen molar-refractivity contribution in [2.24, 2.45) is 0 Å². The minimum absolute atomic E-state index is 0.138. The Balaban J connectivity index is 1.74. The maximum atomic E-state index is 12.1. The number of aryl methyl sites for hydroxylation is 1. The second-order valence-corrected chi connectivity index (χ2v) is 5.14. The summed E-state index contributed by atoms with van der Waals surface area (Å²) in [7, 11) is 0. The molecule has 2 aromatic heterocycles. The van der Waals surface area contributed by atoms with Crippen molar-refractivity contribution in [2.75, 3.05) is 13.2 Å². The highest BCUT2D eigenvalue weighted by Crippen LogP contribution is 2.15. The number of carbonyl (C=O) groups is 1. The van der Waals surface area contributed by atoms with Crippen LogP contribution in [0, 0.1) is 6.92 Å². The molecule has 3 heterocycles. The molecule has 1 unspecified atom stereocenters. The van der Waals surface area contributed by atoms with Crippen molar-refractivity contribution in [1.29, 1.82) is 0 Å². The van der Waals surface area contributed by atoms with Gasteiger partial charge < -0.3 is 10.1 Å². The van der Waals surface area contributed by atoms with Gasteiger partial charge in [-0.25, -0.2) is 4.98 Å². The lowest BCUT2D eigenvalue weighted by molar-refractivity contribution is 0.0851. The first kappa shape index (κ1) is 11.6. The van der Waals surface area contributed by atoms with E-state index < -0.39 is 0 Å². The second kappa shape index (κ2) is 4.66. The summed E-state index contributed by atoms with van der Waals surface area (Å²) in [5.41, 5.74) is 2.90. The van der Waals surface area contributed by atoms with Crippen LogP contribution in [0.5, 0.6) is 0 Å². The normalized spacial score (nSPS) is 19.5. The van der Waals surface area contributed by atoms with E-state index in [0.717, 1.165) is 24.4 Å². The number of rotatable bonds is 3. The summed E-state index contributed by atoms with van der Waals surface area (Å²) in [6.45, 7) is 3.17. The molecule has 1 N–H and O–H groups in total. The highest BCUT2D eigenvalue weighted by atomic mass is 32.1. The third-order valence-corrected chi connectivity index (χ3v) is 3.72. The second-order valence-electron chi connectivity index (χ2n) is 4.32. The third-order valence-electron chi connectivity index (χ3n) is 3.05. The van der Waals surface area contributed by atoms with Crippen LogP contribution in [0.4, 0.5) is 0 Å². The lowest BCUT2D eigenvalue weighted by Crippen LogP contribution is -2.32. The Hall–Kier alpha value is -1.47. The van der Waals surface area contributed by atoms with Crippen LogP contribution in [-0.4, -0.2) is 39.8 Å². The highest BCUT2D eigenvalue weighted by Gasteiger charge is 2.21. The maximum Gasteiger partial charge on any atom is 0.272 e. The zero-order valence-corrected chi connectivity index (χ0v) is 10.9. The lowest BCUT2D eigenvalue weighted by Gasteiger charge is -2.10. The molecule has 0 aromatic carbocycles. The van der Waals surface area contributed by atoms with Gasteiger partial charge in [0.25, 0.3) is 5.91 Å². The standard InChI is InChI=1S/C11H14N4O2S/c1-7-9(15-11(14-7)18-6-13-15)10(16)12-5-8-3-2-4-17-8/h6,8H,2-5H2,1H3,(H,12,16).